The molecule has 1 amide bonds. The van der Waals surface area contributed by atoms with Crippen molar-refractivity contribution >= 4 is 29.0 Å². The average Bonchev–Trinajstić information content (AvgIpc) is 3.49. The molecule has 0 saturated carbocycles. The number of carbonyl (C=O) groups excluding carboxylic acids is 1. The number of hydrogen-bond acceptors (Lipinski definition) is 7. The molecule has 1 N–H and O–H groups in total. The predicted molar refractivity (Wildman–Crippen MR) is 108 cm³/mol. The molecule has 1 saturated heterocycles. The highest BCUT2D eigenvalue weighted by Crippen LogP contribution is 2.27. The molecular weight excluding hydrogens is 413 g/mol. The van der Waals surface area contributed by atoms with E-state index < -0.39 is 0 Å². The van der Waals surface area contributed by atoms with Crippen LogP contribution in [0.2, 0.25) is 0 Å². The van der Waals surface area contributed by atoms with Gasteiger partial charge in [-0.2, -0.15) is 0 Å². The van der Waals surface area contributed by atoms with E-state index in [1.54, 1.807) is 28.2 Å². The maximum atomic E-state index is 13.3. The highest BCUT2D eigenvalue weighted by Gasteiger charge is 2.21. The van der Waals surface area contributed by atoms with E-state index in [0.29, 0.717) is 11.7 Å². The van der Waals surface area contributed by atoms with Crippen molar-refractivity contribution in [1.82, 2.24) is 25.5 Å². The molecule has 3 heterocycles. The van der Waals surface area contributed by atoms with Crippen molar-refractivity contribution in [2.45, 2.75) is 36.7 Å². The van der Waals surface area contributed by atoms with Crippen molar-refractivity contribution in [3.05, 3.63) is 58.0 Å². The summed E-state index contributed by atoms with van der Waals surface area (Å²) < 4.78 is 20.6. The van der Waals surface area contributed by atoms with Crippen LogP contribution in [0.5, 0.6) is 0 Å². The zero-order valence-electron chi connectivity index (χ0n) is 15.5. The van der Waals surface area contributed by atoms with Crippen LogP contribution in [0.15, 0.2) is 46.9 Å². The summed E-state index contributed by atoms with van der Waals surface area (Å²) in [7, 11) is 0. The van der Waals surface area contributed by atoms with E-state index in [1.807, 2.05) is 17.5 Å². The Morgan fingerprint density at radius 2 is 2.24 bits per heavy atom. The van der Waals surface area contributed by atoms with Crippen LogP contribution in [0, 0.1) is 5.82 Å². The van der Waals surface area contributed by atoms with Crippen molar-refractivity contribution < 1.29 is 13.9 Å². The Labute approximate surface area is 175 Å². The molecule has 1 aromatic carbocycles. The third-order valence-electron chi connectivity index (χ3n) is 4.57. The van der Waals surface area contributed by atoms with Gasteiger partial charge in [-0.15, -0.1) is 16.4 Å². The third kappa shape index (κ3) is 5.20. The van der Waals surface area contributed by atoms with Gasteiger partial charge in [-0.3, -0.25) is 4.79 Å². The molecule has 0 radical (unpaired) electrons. The predicted octanol–water partition coefficient (Wildman–Crippen LogP) is 3.05. The fraction of sp³-hybridized carbons (Fsp3) is 0.368. The van der Waals surface area contributed by atoms with Crippen molar-refractivity contribution in [3.63, 3.8) is 0 Å². The van der Waals surface area contributed by atoms with Gasteiger partial charge in [0.2, 0.25) is 11.1 Å². The van der Waals surface area contributed by atoms with Gasteiger partial charge in [0.1, 0.15) is 5.82 Å². The monoisotopic (exact) mass is 433 g/mol. The van der Waals surface area contributed by atoms with Crippen LogP contribution < -0.4 is 5.32 Å². The second kappa shape index (κ2) is 9.47. The molecule has 29 heavy (non-hydrogen) atoms. The smallest absolute Gasteiger partial charge is 0.231 e. The van der Waals surface area contributed by atoms with Gasteiger partial charge in [-0.1, -0.05) is 30.0 Å². The number of benzene rings is 1. The zero-order chi connectivity index (χ0) is 20.1. The Morgan fingerprint density at radius 1 is 1.38 bits per heavy atom. The number of nitrogens with one attached hydrogen (secondary N) is 1. The highest BCUT2D eigenvalue weighted by atomic mass is 32.2. The minimum absolute atomic E-state index is 0.119. The van der Waals surface area contributed by atoms with Crippen LogP contribution in [0.4, 0.5) is 4.39 Å². The first-order valence-electron chi connectivity index (χ1n) is 9.28. The van der Waals surface area contributed by atoms with E-state index in [-0.39, 0.29) is 29.6 Å². The van der Waals surface area contributed by atoms with E-state index in [0.717, 1.165) is 29.9 Å². The summed E-state index contributed by atoms with van der Waals surface area (Å²) in [4.78, 5) is 13.6. The van der Waals surface area contributed by atoms with E-state index >= 15 is 0 Å². The second-order valence-electron chi connectivity index (χ2n) is 6.63. The fourth-order valence-electron chi connectivity index (χ4n) is 3.16. The lowest BCUT2D eigenvalue weighted by molar-refractivity contribution is -0.119. The Balaban J connectivity index is 1.39. The van der Waals surface area contributed by atoms with Gasteiger partial charge in [-0.25, -0.2) is 9.07 Å². The topological polar surface area (TPSA) is 81.9 Å². The van der Waals surface area contributed by atoms with Gasteiger partial charge in [-0.05, 0) is 52.4 Å². The van der Waals surface area contributed by atoms with E-state index in [9.17, 15) is 9.18 Å². The molecule has 1 fully saturated rings. The lowest BCUT2D eigenvalue weighted by Gasteiger charge is -2.18. The van der Waals surface area contributed by atoms with Crippen LogP contribution in [0.3, 0.4) is 0 Å². The van der Waals surface area contributed by atoms with Gasteiger partial charge in [0.25, 0.3) is 0 Å². The Hall–Kier alpha value is -2.30. The maximum absolute atomic E-state index is 13.3. The van der Waals surface area contributed by atoms with E-state index in [1.165, 1.54) is 23.9 Å². The number of halogens is 1. The molecule has 2 unspecified atom stereocenters. The summed E-state index contributed by atoms with van der Waals surface area (Å²) in [5, 5.41) is 17.3. The summed E-state index contributed by atoms with van der Waals surface area (Å²) in [6.07, 6.45) is 2.16. The third-order valence-corrected chi connectivity index (χ3v) is 6.46. The molecule has 1 aliphatic heterocycles. The Morgan fingerprint density at radius 3 is 2.97 bits per heavy atom. The fourth-order valence-corrected chi connectivity index (χ4v) is 4.66. The SMILES string of the molecule is O=C(CSc1nnnn1CC1CCCO1)NC(c1ccc(F)cc1)c1cccs1. The normalized spacial score (nSPS) is 17.3. The van der Waals surface area contributed by atoms with E-state index in [4.69, 9.17) is 4.74 Å². The van der Waals surface area contributed by atoms with Crippen molar-refractivity contribution in [3.8, 4) is 0 Å². The lowest BCUT2D eigenvalue weighted by Crippen LogP contribution is -2.30. The minimum Gasteiger partial charge on any atom is -0.376 e. The zero-order valence-corrected chi connectivity index (χ0v) is 17.2. The molecule has 0 spiro atoms. The summed E-state index contributed by atoms with van der Waals surface area (Å²) in [6.45, 7) is 1.36. The van der Waals surface area contributed by atoms with Gasteiger partial charge in [0.05, 0.1) is 24.4 Å². The number of nitrogens with zero attached hydrogens (tertiary/aromatic N) is 4. The van der Waals surface area contributed by atoms with Crippen LogP contribution in [0.1, 0.15) is 29.3 Å². The quantitative estimate of drug-likeness (QED) is 0.550. The molecule has 2 aromatic heterocycles. The molecular formula is C19H20FN5O2S2. The van der Waals surface area contributed by atoms with Gasteiger partial charge in [0.15, 0.2) is 0 Å². The first-order chi connectivity index (χ1) is 14.2. The number of thiophene rings is 1. The standard InChI is InChI=1S/C19H20FN5O2S2/c20-14-7-5-13(6-8-14)18(16-4-2-10-28-16)21-17(26)12-29-19-22-23-24-25(19)11-15-3-1-9-27-15/h2,4-8,10,15,18H,1,3,9,11-12H2,(H,21,26). The summed E-state index contributed by atoms with van der Waals surface area (Å²) in [6, 6.07) is 9.73. The highest BCUT2D eigenvalue weighted by molar-refractivity contribution is 7.99. The number of thioether (sulfide) groups is 1. The number of hydrogen-bond donors (Lipinski definition) is 1. The van der Waals surface area contributed by atoms with Gasteiger partial charge < -0.3 is 10.1 Å². The van der Waals surface area contributed by atoms with Crippen LogP contribution in [0.25, 0.3) is 0 Å². The van der Waals surface area contributed by atoms with Crippen LogP contribution in [-0.2, 0) is 16.1 Å². The number of rotatable bonds is 8. The Kier molecular flexibility index (Phi) is 6.53. The molecule has 3 aromatic rings. The molecule has 7 nitrogen and oxygen atoms in total. The second-order valence-corrected chi connectivity index (χ2v) is 8.56. The molecule has 10 heteroatoms. The molecule has 4 rings (SSSR count). The molecule has 0 aliphatic carbocycles. The molecule has 2 atom stereocenters. The number of ether oxygens (including phenoxy) is 1. The number of amides is 1. The minimum atomic E-state index is -0.327. The number of carbonyl (C=O) groups is 1. The maximum Gasteiger partial charge on any atom is 0.231 e. The van der Waals surface area contributed by atoms with Gasteiger partial charge >= 0.3 is 0 Å². The van der Waals surface area contributed by atoms with Crippen molar-refractivity contribution in [1.29, 1.82) is 0 Å². The molecule has 1 aliphatic rings. The summed E-state index contributed by atoms with van der Waals surface area (Å²) in [5.41, 5.74) is 0.829. The average molecular weight is 434 g/mol. The van der Waals surface area contributed by atoms with Crippen LogP contribution >= 0.6 is 23.1 Å². The van der Waals surface area contributed by atoms with Gasteiger partial charge in [0, 0.05) is 11.5 Å². The number of tetrazole rings is 1. The van der Waals surface area contributed by atoms with E-state index in [2.05, 4.69) is 20.8 Å². The molecule has 152 valence electrons. The Bertz CT molecular complexity index is 926. The van der Waals surface area contributed by atoms with Crippen molar-refractivity contribution in [2.24, 2.45) is 0 Å². The first-order valence-corrected chi connectivity index (χ1v) is 11.1. The van der Waals surface area contributed by atoms with Crippen molar-refractivity contribution in [2.75, 3.05) is 12.4 Å². The lowest BCUT2D eigenvalue weighted by atomic mass is 10.1. The summed E-state index contributed by atoms with van der Waals surface area (Å²) in [5.74, 6) is -0.280. The first kappa shape index (κ1) is 20.0. The number of aromatic nitrogens is 4. The summed E-state index contributed by atoms with van der Waals surface area (Å²) >= 11 is 2.83. The largest absolute Gasteiger partial charge is 0.376 e. The van der Waals surface area contributed by atoms with Crippen LogP contribution in [-0.4, -0.2) is 44.6 Å². The molecule has 0 bridgehead atoms.